The van der Waals surface area contributed by atoms with Crippen molar-refractivity contribution < 1.29 is 4.79 Å². The first-order valence-electron chi connectivity index (χ1n) is 7.22. The number of hydrogen-bond acceptors (Lipinski definition) is 4. The number of aromatic nitrogens is 1. The zero-order chi connectivity index (χ0) is 16.6. The lowest BCUT2D eigenvalue weighted by Crippen LogP contribution is -2.12. The Morgan fingerprint density at radius 2 is 2.00 bits per heavy atom. The predicted molar refractivity (Wildman–Crippen MR) is 100 cm³/mol. The van der Waals surface area contributed by atoms with Crippen LogP contribution in [0.2, 0.25) is 0 Å². The summed E-state index contributed by atoms with van der Waals surface area (Å²) in [4.78, 5) is 18.4. The number of amides is 1. The van der Waals surface area contributed by atoms with Crippen molar-refractivity contribution in [2.75, 3.05) is 11.1 Å². The molecule has 2 aromatic heterocycles. The van der Waals surface area contributed by atoms with Gasteiger partial charge in [-0.25, -0.2) is 4.98 Å². The van der Waals surface area contributed by atoms with Gasteiger partial charge < -0.3 is 11.1 Å². The first-order valence-corrected chi connectivity index (χ1v) is 8.83. The molecule has 0 radical (unpaired) electrons. The molecule has 0 aliphatic rings. The fourth-order valence-corrected chi connectivity index (χ4v) is 3.62. The second-order valence-electron chi connectivity index (χ2n) is 5.52. The van der Waals surface area contributed by atoms with Gasteiger partial charge in [-0.1, -0.05) is 26.0 Å². The highest BCUT2D eigenvalue weighted by molar-refractivity contribution is 9.10. The quantitative estimate of drug-likeness (QED) is 0.660. The Balaban J connectivity index is 1.97. The van der Waals surface area contributed by atoms with Gasteiger partial charge in [0.1, 0.15) is 9.71 Å². The molecule has 3 aromatic rings. The number of halogens is 1. The fraction of sp³-hybridized carbons (Fsp3) is 0.176. The predicted octanol–water partition coefficient (Wildman–Crippen LogP) is 5.02. The second kappa shape index (κ2) is 6.29. The third kappa shape index (κ3) is 3.09. The van der Waals surface area contributed by atoms with E-state index in [2.05, 4.69) is 40.1 Å². The number of nitrogens with zero attached hydrogens (tertiary/aromatic N) is 1. The summed E-state index contributed by atoms with van der Waals surface area (Å²) < 4.78 is 0.827. The second-order valence-corrected chi connectivity index (χ2v) is 7.38. The van der Waals surface area contributed by atoms with E-state index in [0.717, 1.165) is 20.4 Å². The van der Waals surface area contributed by atoms with Crippen LogP contribution in [0, 0.1) is 0 Å². The van der Waals surface area contributed by atoms with Crippen LogP contribution in [0.3, 0.4) is 0 Å². The van der Waals surface area contributed by atoms with Crippen molar-refractivity contribution >= 4 is 54.8 Å². The van der Waals surface area contributed by atoms with E-state index in [1.807, 2.05) is 36.4 Å². The van der Waals surface area contributed by atoms with Crippen LogP contribution < -0.4 is 11.1 Å². The van der Waals surface area contributed by atoms with Crippen LogP contribution in [0.25, 0.3) is 10.2 Å². The number of carbonyl (C=O) groups is 1. The summed E-state index contributed by atoms with van der Waals surface area (Å²) in [5.74, 6) is 0.115. The number of benzene rings is 1. The molecule has 0 aliphatic carbocycles. The Kier molecular flexibility index (Phi) is 4.37. The summed E-state index contributed by atoms with van der Waals surface area (Å²) in [6.07, 6.45) is 0. The molecule has 0 unspecified atom stereocenters. The van der Waals surface area contributed by atoms with Crippen LogP contribution >= 0.6 is 27.3 Å². The van der Waals surface area contributed by atoms with Crippen molar-refractivity contribution in [1.82, 2.24) is 4.98 Å². The van der Waals surface area contributed by atoms with Gasteiger partial charge in [-0.15, -0.1) is 11.3 Å². The summed E-state index contributed by atoms with van der Waals surface area (Å²) in [5, 5.41) is 3.71. The zero-order valence-corrected chi connectivity index (χ0v) is 15.2. The summed E-state index contributed by atoms with van der Waals surface area (Å²) in [6.45, 7) is 4.18. The number of fused-ring (bicyclic) bond motifs is 1. The van der Waals surface area contributed by atoms with E-state index in [0.29, 0.717) is 22.2 Å². The van der Waals surface area contributed by atoms with Gasteiger partial charge in [0.2, 0.25) is 0 Å². The molecule has 6 heteroatoms. The molecule has 0 atom stereocenters. The Bertz CT molecular complexity index is 889. The minimum absolute atomic E-state index is 0.219. The van der Waals surface area contributed by atoms with Crippen molar-refractivity contribution in [3.8, 4) is 0 Å². The molecule has 2 heterocycles. The Morgan fingerprint density at radius 3 is 2.70 bits per heavy atom. The van der Waals surface area contributed by atoms with Gasteiger partial charge in [0, 0.05) is 15.6 Å². The fourth-order valence-electron chi connectivity index (χ4n) is 2.24. The monoisotopic (exact) mass is 389 g/mol. The number of para-hydroxylation sites is 1. The van der Waals surface area contributed by atoms with Crippen LogP contribution in [-0.2, 0) is 0 Å². The largest absolute Gasteiger partial charge is 0.397 e. The molecule has 0 saturated heterocycles. The number of rotatable bonds is 3. The zero-order valence-electron chi connectivity index (χ0n) is 12.8. The van der Waals surface area contributed by atoms with Gasteiger partial charge in [0.15, 0.2) is 0 Å². The molecule has 0 saturated carbocycles. The van der Waals surface area contributed by atoms with E-state index in [1.54, 1.807) is 0 Å². The van der Waals surface area contributed by atoms with Crippen molar-refractivity contribution in [2.24, 2.45) is 0 Å². The highest BCUT2D eigenvalue weighted by Crippen LogP contribution is 2.34. The summed E-state index contributed by atoms with van der Waals surface area (Å²) in [5.41, 5.74) is 8.35. The number of carbonyl (C=O) groups excluding carboxylic acids is 1. The molecule has 4 nitrogen and oxygen atoms in total. The molecular weight excluding hydrogens is 374 g/mol. The van der Waals surface area contributed by atoms with Crippen molar-refractivity contribution in [2.45, 2.75) is 19.8 Å². The van der Waals surface area contributed by atoms with Crippen molar-refractivity contribution in [3.05, 3.63) is 51.4 Å². The van der Waals surface area contributed by atoms with Gasteiger partial charge in [-0.05, 0) is 46.1 Å². The standard InChI is InChI=1S/C17H16BrN3OS/c1-9(2)12-8-7-10-14(19)15(23-17(10)21-12)16(22)20-13-6-4-3-5-11(13)18/h3-9H,19H2,1-2H3,(H,20,22). The molecule has 0 bridgehead atoms. The van der Waals surface area contributed by atoms with Crippen LogP contribution in [0.1, 0.15) is 35.1 Å². The van der Waals surface area contributed by atoms with Gasteiger partial charge in [0.05, 0.1) is 11.4 Å². The van der Waals surface area contributed by atoms with E-state index >= 15 is 0 Å². The topological polar surface area (TPSA) is 68.0 Å². The van der Waals surface area contributed by atoms with Crippen molar-refractivity contribution in [3.63, 3.8) is 0 Å². The minimum atomic E-state index is -0.219. The first kappa shape index (κ1) is 16.0. The number of hydrogen-bond donors (Lipinski definition) is 2. The highest BCUT2D eigenvalue weighted by atomic mass is 79.9. The summed E-state index contributed by atoms with van der Waals surface area (Å²) in [7, 11) is 0. The molecule has 118 valence electrons. The maximum atomic E-state index is 12.5. The van der Waals surface area contributed by atoms with Crippen LogP contribution in [-0.4, -0.2) is 10.9 Å². The van der Waals surface area contributed by atoms with E-state index < -0.39 is 0 Å². The average Bonchev–Trinajstić information content (AvgIpc) is 2.86. The average molecular weight is 390 g/mol. The van der Waals surface area contributed by atoms with Crippen LogP contribution in [0.15, 0.2) is 40.9 Å². The lowest BCUT2D eigenvalue weighted by molar-refractivity contribution is 0.103. The molecule has 23 heavy (non-hydrogen) atoms. The molecular formula is C17H16BrN3OS. The highest BCUT2D eigenvalue weighted by Gasteiger charge is 2.18. The maximum absolute atomic E-state index is 12.5. The normalized spacial score (nSPS) is 11.1. The van der Waals surface area contributed by atoms with Gasteiger partial charge in [-0.3, -0.25) is 4.79 Å². The smallest absolute Gasteiger partial charge is 0.267 e. The molecule has 1 aromatic carbocycles. The molecule has 0 aliphatic heterocycles. The van der Waals surface area contributed by atoms with Gasteiger partial charge >= 0.3 is 0 Å². The summed E-state index contributed by atoms with van der Waals surface area (Å²) >= 11 is 4.75. The maximum Gasteiger partial charge on any atom is 0.267 e. The van der Waals surface area contributed by atoms with Crippen LogP contribution in [0.4, 0.5) is 11.4 Å². The number of nitrogens with one attached hydrogen (secondary N) is 1. The van der Waals surface area contributed by atoms with E-state index in [1.165, 1.54) is 11.3 Å². The van der Waals surface area contributed by atoms with Gasteiger partial charge in [-0.2, -0.15) is 0 Å². The number of pyridine rings is 1. The third-order valence-electron chi connectivity index (χ3n) is 3.54. The van der Waals surface area contributed by atoms with E-state index in [9.17, 15) is 4.79 Å². The Hall–Kier alpha value is -1.92. The molecule has 0 spiro atoms. The lowest BCUT2D eigenvalue weighted by Gasteiger charge is -2.06. The Morgan fingerprint density at radius 1 is 1.26 bits per heavy atom. The molecule has 3 rings (SSSR count). The van der Waals surface area contributed by atoms with Gasteiger partial charge in [0.25, 0.3) is 5.91 Å². The third-order valence-corrected chi connectivity index (χ3v) is 5.34. The number of nitrogens with two attached hydrogens (primary N) is 1. The minimum Gasteiger partial charge on any atom is -0.397 e. The molecule has 1 amide bonds. The number of anilines is 2. The van der Waals surface area contributed by atoms with E-state index in [-0.39, 0.29) is 5.91 Å². The summed E-state index contributed by atoms with van der Waals surface area (Å²) in [6, 6.07) is 11.4. The Labute approximate surface area is 146 Å². The SMILES string of the molecule is CC(C)c1ccc2c(N)c(C(=O)Nc3ccccc3Br)sc2n1. The lowest BCUT2D eigenvalue weighted by atomic mass is 10.1. The van der Waals surface area contributed by atoms with E-state index in [4.69, 9.17) is 5.73 Å². The van der Waals surface area contributed by atoms with Crippen molar-refractivity contribution in [1.29, 1.82) is 0 Å². The molecule has 0 fully saturated rings. The number of thiophene rings is 1. The van der Waals surface area contributed by atoms with Crippen LogP contribution in [0.5, 0.6) is 0 Å². The molecule has 3 N–H and O–H groups in total. The first-order chi connectivity index (χ1) is 11.0. The number of nitrogen functional groups attached to an aromatic ring is 1.